The van der Waals surface area contributed by atoms with E-state index in [-0.39, 0.29) is 0 Å². The van der Waals surface area contributed by atoms with Crippen molar-refractivity contribution in [2.75, 3.05) is 34.3 Å². The Morgan fingerprint density at radius 1 is 0.353 bits per heavy atom. The second kappa shape index (κ2) is 22.8. The van der Waals surface area contributed by atoms with Crippen LogP contribution in [0.15, 0.2) is 144 Å². The van der Waals surface area contributed by atoms with E-state index in [4.69, 9.17) is 0 Å². The lowest BCUT2D eigenvalue weighted by molar-refractivity contribution is 0.598. The summed E-state index contributed by atoms with van der Waals surface area (Å²) in [6, 6.07) is 48.6. The molecule has 0 N–H and O–H groups in total. The maximum atomic E-state index is 4.47. The van der Waals surface area contributed by atoms with Crippen molar-refractivity contribution in [1.29, 1.82) is 0 Å². The largest absolute Gasteiger partial charge is 0.341 e. The van der Waals surface area contributed by atoms with Crippen molar-refractivity contribution in [2.24, 2.45) is 10.2 Å². The zero-order valence-corrected chi connectivity index (χ0v) is 41.3. The molecule has 350 valence electrons. The Bertz CT molecular complexity index is 2430. The van der Waals surface area contributed by atoms with E-state index in [0.29, 0.717) is 0 Å². The SMILES string of the molecule is CCCCCCCCN1c2cccc3c2C2(C#Cc4ccc(-c5ccc(N=Nc6ccccc6)cc5)cc4)c4c1cccc4N(CCCCCCCC)c1cccc(c12)N3CCCCCCCC. The number of anilines is 6. The summed E-state index contributed by atoms with van der Waals surface area (Å²) in [7, 11) is 0. The van der Waals surface area contributed by atoms with E-state index in [1.54, 1.807) is 0 Å². The molecule has 3 heterocycles. The molecule has 0 bridgehead atoms. The molecule has 5 nitrogen and oxygen atoms in total. The average molecular weight is 900 g/mol. The summed E-state index contributed by atoms with van der Waals surface area (Å²) in [5, 5.41) is 8.89. The van der Waals surface area contributed by atoms with Crippen LogP contribution in [0.1, 0.15) is 159 Å². The minimum absolute atomic E-state index is 0.639. The van der Waals surface area contributed by atoms with Crippen LogP contribution in [-0.2, 0) is 5.41 Å². The topological polar surface area (TPSA) is 34.4 Å². The Hall–Kier alpha value is -6.12. The molecule has 9 rings (SSSR count). The van der Waals surface area contributed by atoms with Crippen LogP contribution >= 0.6 is 0 Å². The highest BCUT2D eigenvalue weighted by atomic mass is 15.2. The first-order valence-electron chi connectivity index (χ1n) is 26.6. The number of rotatable bonds is 24. The molecule has 0 fully saturated rings. The fourth-order valence-corrected chi connectivity index (χ4v) is 11.2. The molecule has 6 aromatic carbocycles. The van der Waals surface area contributed by atoms with Crippen LogP contribution in [-0.4, -0.2) is 19.6 Å². The maximum absolute atomic E-state index is 4.47. The fourth-order valence-electron chi connectivity index (χ4n) is 11.2. The van der Waals surface area contributed by atoms with Gasteiger partial charge in [0.15, 0.2) is 0 Å². The highest BCUT2D eigenvalue weighted by Crippen LogP contribution is 2.66. The minimum atomic E-state index is -0.639. The van der Waals surface area contributed by atoms with Gasteiger partial charge in [-0.15, -0.1) is 0 Å². The van der Waals surface area contributed by atoms with Crippen molar-refractivity contribution in [1.82, 2.24) is 0 Å². The van der Waals surface area contributed by atoms with Crippen LogP contribution in [0, 0.1) is 11.8 Å². The van der Waals surface area contributed by atoms with Gasteiger partial charge in [0, 0.05) is 76.0 Å². The third-order valence-electron chi connectivity index (χ3n) is 14.7. The van der Waals surface area contributed by atoms with Crippen molar-refractivity contribution < 1.29 is 0 Å². The molecule has 0 aliphatic carbocycles. The summed E-state index contributed by atoms with van der Waals surface area (Å²) in [6.45, 7) is 9.95. The molecule has 0 aromatic heterocycles. The zero-order valence-electron chi connectivity index (χ0n) is 41.3. The Balaban J connectivity index is 1.13. The van der Waals surface area contributed by atoms with Gasteiger partial charge in [0.05, 0.1) is 11.4 Å². The van der Waals surface area contributed by atoms with E-state index < -0.39 is 5.41 Å². The van der Waals surface area contributed by atoms with Crippen molar-refractivity contribution in [2.45, 2.75) is 142 Å². The zero-order chi connectivity index (χ0) is 46.5. The summed E-state index contributed by atoms with van der Waals surface area (Å²) in [6.07, 6.45) is 23.0. The summed E-state index contributed by atoms with van der Waals surface area (Å²) in [5.41, 5.74) is 16.5. The van der Waals surface area contributed by atoms with Crippen LogP contribution in [0.2, 0.25) is 0 Å². The Labute approximate surface area is 408 Å². The number of hydrogen-bond donors (Lipinski definition) is 0. The lowest BCUT2D eigenvalue weighted by atomic mass is 9.61. The summed E-state index contributed by atoms with van der Waals surface area (Å²) in [4.78, 5) is 8.10. The van der Waals surface area contributed by atoms with Crippen LogP contribution in [0.4, 0.5) is 45.5 Å². The average Bonchev–Trinajstić information content (AvgIpc) is 3.38. The van der Waals surface area contributed by atoms with Crippen molar-refractivity contribution in [3.8, 4) is 23.0 Å². The van der Waals surface area contributed by atoms with Crippen molar-refractivity contribution >= 4 is 45.5 Å². The van der Waals surface area contributed by atoms with Crippen LogP contribution < -0.4 is 14.7 Å². The van der Waals surface area contributed by atoms with Crippen molar-refractivity contribution in [3.63, 3.8) is 0 Å². The molecule has 0 saturated carbocycles. The summed E-state index contributed by atoms with van der Waals surface area (Å²) < 4.78 is 0. The van der Waals surface area contributed by atoms with Gasteiger partial charge in [-0.1, -0.05) is 190 Å². The second-order valence-corrected chi connectivity index (χ2v) is 19.4. The first kappa shape index (κ1) is 47.0. The number of benzene rings is 6. The molecule has 3 aliphatic rings. The second-order valence-electron chi connectivity index (χ2n) is 19.4. The molecule has 0 atom stereocenters. The van der Waals surface area contributed by atoms with E-state index in [1.807, 2.05) is 42.5 Å². The monoisotopic (exact) mass is 900 g/mol. The van der Waals surface area contributed by atoms with E-state index in [9.17, 15) is 0 Å². The van der Waals surface area contributed by atoms with E-state index in [1.165, 1.54) is 166 Å². The maximum Gasteiger partial charge on any atom is 0.119 e. The summed E-state index contributed by atoms with van der Waals surface area (Å²) >= 11 is 0. The molecular weight excluding hydrogens is 827 g/mol. The lowest BCUT2D eigenvalue weighted by Crippen LogP contribution is -2.47. The van der Waals surface area contributed by atoms with Gasteiger partial charge in [0.25, 0.3) is 0 Å². The molecule has 68 heavy (non-hydrogen) atoms. The van der Waals surface area contributed by atoms with Crippen LogP contribution in [0.3, 0.4) is 0 Å². The number of hydrogen-bond acceptors (Lipinski definition) is 5. The third kappa shape index (κ3) is 9.89. The van der Waals surface area contributed by atoms with Gasteiger partial charge in [-0.2, -0.15) is 10.2 Å². The van der Waals surface area contributed by atoms with Gasteiger partial charge in [0.1, 0.15) is 5.41 Å². The summed E-state index contributed by atoms with van der Waals surface area (Å²) in [5.74, 6) is 8.11. The van der Waals surface area contributed by atoms with Gasteiger partial charge in [0.2, 0.25) is 0 Å². The predicted octanol–water partition coefficient (Wildman–Crippen LogP) is 18.6. The van der Waals surface area contributed by atoms with E-state index in [0.717, 1.165) is 47.7 Å². The molecule has 5 heteroatoms. The number of nitrogens with zero attached hydrogens (tertiary/aromatic N) is 5. The predicted molar refractivity (Wildman–Crippen MR) is 290 cm³/mol. The highest BCUT2D eigenvalue weighted by Gasteiger charge is 2.55. The smallest absolute Gasteiger partial charge is 0.119 e. The number of azo groups is 1. The van der Waals surface area contributed by atoms with Crippen LogP contribution in [0.5, 0.6) is 0 Å². The molecular formula is C63H73N5. The van der Waals surface area contributed by atoms with Crippen LogP contribution in [0.25, 0.3) is 11.1 Å². The quantitative estimate of drug-likeness (QED) is 0.0345. The molecule has 0 amide bonds. The number of unbranched alkanes of at least 4 members (excludes halogenated alkanes) is 15. The molecule has 0 spiro atoms. The Morgan fingerprint density at radius 2 is 0.691 bits per heavy atom. The van der Waals surface area contributed by atoms with Gasteiger partial charge < -0.3 is 14.7 Å². The van der Waals surface area contributed by atoms with Gasteiger partial charge in [-0.05, 0) is 103 Å². The fraction of sp³-hybridized carbons (Fsp3) is 0.397. The molecule has 0 unspecified atom stereocenters. The van der Waals surface area contributed by atoms with Gasteiger partial charge in [-0.3, -0.25) is 0 Å². The minimum Gasteiger partial charge on any atom is -0.341 e. The van der Waals surface area contributed by atoms with Gasteiger partial charge >= 0.3 is 0 Å². The van der Waals surface area contributed by atoms with E-state index in [2.05, 4.69) is 149 Å². The van der Waals surface area contributed by atoms with Crippen molar-refractivity contribution in [3.05, 3.63) is 156 Å². The standard InChI is InChI=1S/C63H73N5/c1-4-7-10-13-16-22-46-66-54-30-25-32-56-60(54)63(45-44-49-36-38-50(39-37-49)51-40-42-53(43-41-51)65-64-52-28-20-19-21-29-52)61-55(66)31-26-33-57(61)68(48-24-18-15-12-9-6-3)59-35-27-34-58(62(59)63)67(56)47-23-17-14-11-8-5-2/h19-21,25-43H,4-18,22-24,46-48H2,1-3H3. The first-order valence-corrected chi connectivity index (χ1v) is 26.6. The third-order valence-corrected chi connectivity index (χ3v) is 14.7. The molecule has 3 aliphatic heterocycles. The molecule has 0 radical (unpaired) electrons. The Morgan fingerprint density at radius 3 is 1.07 bits per heavy atom. The lowest BCUT2D eigenvalue weighted by Gasteiger charge is -2.54. The first-order chi connectivity index (χ1) is 33.7. The van der Waals surface area contributed by atoms with Gasteiger partial charge in [-0.25, -0.2) is 0 Å². The Kier molecular flexibility index (Phi) is 15.7. The highest BCUT2D eigenvalue weighted by molar-refractivity contribution is 6.02. The molecule has 6 aromatic rings. The van der Waals surface area contributed by atoms with E-state index >= 15 is 0 Å². The normalized spacial score (nSPS) is 13.7. The molecule has 0 saturated heterocycles.